The van der Waals surface area contributed by atoms with Crippen LogP contribution in [0.4, 0.5) is 0 Å². The monoisotopic (exact) mass is 478 g/mol. The predicted octanol–water partition coefficient (Wildman–Crippen LogP) is 5.74. The molecule has 33 heavy (non-hydrogen) atoms. The van der Waals surface area contributed by atoms with Gasteiger partial charge >= 0.3 is 0 Å². The summed E-state index contributed by atoms with van der Waals surface area (Å²) < 4.78 is 26.8. The lowest BCUT2D eigenvalue weighted by Crippen LogP contribution is -2.14. The number of ether oxygens (including phenoxy) is 5. The van der Waals surface area contributed by atoms with Crippen molar-refractivity contribution in [2.45, 2.75) is 90.9 Å². The zero-order valence-corrected chi connectivity index (χ0v) is 21.8. The second kappa shape index (κ2) is 31.7. The first-order chi connectivity index (χ1) is 16.4. The molecule has 0 rings (SSSR count). The van der Waals surface area contributed by atoms with Gasteiger partial charge in [0.15, 0.2) is 0 Å². The van der Waals surface area contributed by atoms with E-state index in [1.165, 1.54) is 70.6 Å². The van der Waals surface area contributed by atoms with Crippen LogP contribution in [-0.2, 0) is 33.5 Å². The lowest BCUT2D eigenvalue weighted by atomic mass is 10.1. The van der Waals surface area contributed by atoms with E-state index < -0.39 is 0 Å². The molecular formula is C26H54O7. The highest BCUT2D eigenvalue weighted by Gasteiger charge is 1.96. The summed E-state index contributed by atoms with van der Waals surface area (Å²) in [6, 6.07) is 0. The van der Waals surface area contributed by atoms with E-state index in [1.54, 1.807) is 0 Å². The van der Waals surface area contributed by atoms with Crippen molar-refractivity contribution in [3.63, 3.8) is 0 Å². The van der Waals surface area contributed by atoms with Gasteiger partial charge < -0.3 is 23.7 Å². The molecule has 7 nitrogen and oxygen atoms in total. The van der Waals surface area contributed by atoms with Crippen LogP contribution in [0, 0.1) is 0 Å². The van der Waals surface area contributed by atoms with Crippen molar-refractivity contribution < 1.29 is 33.5 Å². The van der Waals surface area contributed by atoms with E-state index in [2.05, 4.69) is 6.92 Å². The van der Waals surface area contributed by atoms with E-state index in [1.807, 2.05) is 6.92 Å². The van der Waals surface area contributed by atoms with Crippen LogP contribution in [-0.4, -0.2) is 79.3 Å². The first kappa shape index (κ1) is 32.7. The summed E-state index contributed by atoms with van der Waals surface area (Å²) in [5, 5.41) is 0. The van der Waals surface area contributed by atoms with Gasteiger partial charge in [-0.2, -0.15) is 0 Å². The van der Waals surface area contributed by atoms with Gasteiger partial charge in [-0.05, 0) is 13.3 Å². The Morgan fingerprint density at radius 2 is 0.636 bits per heavy atom. The van der Waals surface area contributed by atoms with Crippen molar-refractivity contribution in [1.82, 2.24) is 0 Å². The lowest BCUT2D eigenvalue weighted by molar-refractivity contribution is -0.299. The van der Waals surface area contributed by atoms with Crippen molar-refractivity contribution >= 4 is 0 Å². The van der Waals surface area contributed by atoms with Gasteiger partial charge in [-0.25, -0.2) is 9.78 Å². The highest BCUT2D eigenvalue weighted by Crippen LogP contribution is 2.11. The number of rotatable bonds is 30. The van der Waals surface area contributed by atoms with Crippen LogP contribution in [0.25, 0.3) is 0 Å². The highest BCUT2D eigenvalue weighted by atomic mass is 17.2. The molecule has 200 valence electrons. The van der Waals surface area contributed by atoms with Crippen molar-refractivity contribution in [2.75, 3.05) is 79.3 Å². The minimum Gasteiger partial charge on any atom is -0.379 e. The predicted molar refractivity (Wildman–Crippen MR) is 133 cm³/mol. The molecule has 0 heterocycles. The molecule has 7 heteroatoms. The Kier molecular flexibility index (Phi) is 31.5. The zero-order chi connectivity index (χ0) is 23.9. The fraction of sp³-hybridized carbons (Fsp3) is 1.00. The van der Waals surface area contributed by atoms with E-state index >= 15 is 0 Å². The van der Waals surface area contributed by atoms with Gasteiger partial charge in [0.25, 0.3) is 0 Å². The van der Waals surface area contributed by atoms with E-state index in [0.29, 0.717) is 72.7 Å². The van der Waals surface area contributed by atoms with Gasteiger partial charge in [0.05, 0.1) is 66.1 Å². The third-order valence-corrected chi connectivity index (χ3v) is 5.17. The van der Waals surface area contributed by atoms with Crippen LogP contribution in [0.1, 0.15) is 90.9 Å². The van der Waals surface area contributed by atoms with Crippen LogP contribution in [0.5, 0.6) is 0 Å². The summed E-state index contributed by atoms with van der Waals surface area (Å²) in [6.45, 7) is 11.2. The SMILES string of the molecule is CCCCCCCCCCCCCCOOCCOCCOCCOCCOCCOCC. The summed E-state index contributed by atoms with van der Waals surface area (Å²) in [7, 11) is 0. The van der Waals surface area contributed by atoms with E-state index in [0.717, 1.165) is 13.0 Å². The molecule has 0 aromatic heterocycles. The highest BCUT2D eigenvalue weighted by molar-refractivity contribution is 4.48. The molecule has 0 aromatic carbocycles. The summed E-state index contributed by atoms with van der Waals surface area (Å²) in [5.74, 6) is 0. The third-order valence-electron chi connectivity index (χ3n) is 5.17. The molecule has 0 saturated carbocycles. The summed E-state index contributed by atoms with van der Waals surface area (Å²) >= 11 is 0. The Hall–Kier alpha value is -0.280. The van der Waals surface area contributed by atoms with Crippen molar-refractivity contribution in [2.24, 2.45) is 0 Å². The quantitative estimate of drug-likeness (QED) is 0.0741. The Morgan fingerprint density at radius 1 is 0.303 bits per heavy atom. The molecule has 0 aliphatic rings. The first-order valence-electron chi connectivity index (χ1n) is 13.5. The Morgan fingerprint density at radius 3 is 1.06 bits per heavy atom. The third kappa shape index (κ3) is 31.7. The number of hydrogen-bond donors (Lipinski definition) is 0. The molecule has 0 radical (unpaired) electrons. The summed E-state index contributed by atoms with van der Waals surface area (Å²) in [5.41, 5.74) is 0. The molecular weight excluding hydrogens is 424 g/mol. The second-order valence-corrected chi connectivity index (χ2v) is 8.18. The molecule has 0 aromatic rings. The largest absolute Gasteiger partial charge is 0.379 e. The first-order valence-corrected chi connectivity index (χ1v) is 13.5. The van der Waals surface area contributed by atoms with Gasteiger partial charge in [-0.15, -0.1) is 0 Å². The number of unbranched alkanes of at least 4 members (excludes halogenated alkanes) is 11. The van der Waals surface area contributed by atoms with Gasteiger partial charge in [-0.3, -0.25) is 0 Å². The Bertz CT molecular complexity index is 302. The Labute approximate surface area is 204 Å². The molecule has 0 atom stereocenters. The van der Waals surface area contributed by atoms with Crippen LogP contribution >= 0.6 is 0 Å². The average Bonchev–Trinajstić information content (AvgIpc) is 2.83. The van der Waals surface area contributed by atoms with Gasteiger partial charge in [-0.1, -0.05) is 77.6 Å². The minimum atomic E-state index is 0.449. The van der Waals surface area contributed by atoms with Crippen LogP contribution in [0.15, 0.2) is 0 Å². The molecule has 0 amide bonds. The second-order valence-electron chi connectivity index (χ2n) is 8.18. The molecule has 0 saturated heterocycles. The maximum atomic E-state index is 5.44. The number of hydrogen-bond acceptors (Lipinski definition) is 7. The minimum absolute atomic E-state index is 0.449. The standard InChI is InChI=1S/C26H54O7/c1-3-5-6-7-8-9-10-11-12-13-14-15-16-32-33-26-25-31-24-23-30-22-21-29-20-19-28-18-17-27-4-2/h3-26H2,1-2H3. The van der Waals surface area contributed by atoms with Crippen LogP contribution in [0.2, 0.25) is 0 Å². The van der Waals surface area contributed by atoms with Crippen molar-refractivity contribution in [1.29, 1.82) is 0 Å². The molecule has 0 aliphatic heterocycles. The van der Waals surface area contributed by atoms with Gasteiger partial charge in [0, 0.05) is 6.61 Å². The molecule has 0 unspecified atom stereocenters. The van der Waals surface area contributed by atoms with Crippen LogP contribution in [0.3, 0.4) is 0 Å². The molecule has 0 bridgehead atoms. The van der Waals surface area contributed by atoms with E-state index in [4.69, 9.17) is 33.5 Å². The Balaban J connectivity index is 2.99. The fourth-order valence-electron chi connectivity index (χ4n) is 3.24. The van der Waals surface area contributed by atoms with E-state index in [-0.39, 0.29) is 0 Å². The maximum Gasteiger partial charge on any atom is 0.106 e. The smallest absolute Gasteiger partial charge is 0.106 e. The normalized spacial score (nSPS) is 11.5. The topological polar surface area (TPSA) is 64.6 Å². The summed E-state index contributed by atoms with van der Waals surface area (Å²) in [6.07, 6.45) is 16.1. The maximum absolute atomic E-state index is 5.44. The molecule has 0 N–H and O–H groups in total. The molecule has 0 spiro atoms. The lowest BCUT2D eigenvalue weighted by Gasteiger charge is -2.08. The van der Waals surface area contributed by atoms with E-state index in [9.17, 15) is 0 Å². The van der Waals surface area contributed by atoms with Gasteiger partial charge in [0.2, 0.25) is 0 Å². The van der Waals surface area contributed by atoms with Crippen LogP contribution < -0.4 is 0 Å². The van der Waals surface area contributed by atoms with Crippen molar-refractivity contribution in [3.05, 3.63) is 0 Å². The average molecular weight is 479 g/mol. The molecule has 0 aliphatic carbocycles. The molecule has 0 fully saturated rings. The summed E-state index contributed by atoms with van der Waals surface area (Å²) in [4.78, 5) is 10.3. The zero-order valence-electron chi connectivity index (χ0n) is 21.8. The van der Waals surface area contributed by atoms with Gasteiger partial charge in [0.1, 0.15) is 6.61 Å². The fourth-order valence-corrected chi connectivity index (χ4v) is 3.24. The van der Waals surface area contributed by atoms with Crippen molar-refractivity contribution in [3.8, 4) is 0 Å².